The fraction of sp³-hybridized carbons (Fsp3) is 0.250. The van der Waals surface area contributed by atoms with Crippen molar-refractivity contribution in [3.8, 4) is 0 Å². The molecule has 1 heterocycles. The fourth-order valence-electron chi connectivity index (χ4n) is 2.48. The van der Waals surface area contributed by atoms with E-state index in [0.717, 1.165) is 11.1 Å². The standard InChI is InChI=1S/C16H16FNO2/c17-13-8-6-12(7-9-13)16-18-14(10-19)15(20-16)11-4-2-1-3-5-11/h1-9,14-16,18-19H,10H2/t14-,15?,16+/m0/s1. The van der Waals surface area contributed by atoms with Gasteiger partial charge in [0.2, 0.25) is 0 Å². The van der Waals surface area contributed by atoms with Gasteiger partial charge >= 0.3 is 0 Å². The third kappa shape index (κ3) is 2.58. The Hall–Kier alpha value is -1.75. The van der Waals surface area contributed by atoms with Crippen LogP contribution in [0.2, 0.25) is 0 Å². The molecule has 2 N–H and O–H groups in total. The quantitative estimate of drug-likeness (QED) is 0.903. The molecule has 0 amide bonds. The van der Waals surface area contributed by atoms with Crippen LogP contribution < -0.4 is 5.32 Å². The van der Waals surface area contributed by atoms with Gasteiger partial charge in [-0.3, -0.25) is 5.32 Å². The molecule has 0 spiro atoms. The summed E-state index contributed by atoms with van der Waals surface area (Å²) in [4.78, 5) is 0. The minimum Gasteiger partial charge on any atom is -0.395 e. The van der Waals surface area contributed by atoms with Crippen molar-refractivity contribution < 1.29 is 14.2 Å². The number of hydrogen-bond acceptors (Lipinski definition) is 3. The molecule has 1 aliphatic heterocycles. The van der Waals surface area contributed by atoms with Crippen LogP contribution in [-0.4, -0.2) is 17.8 Å². The molecule has 104 valence electrons. The Labute approximate surface area is 117 Å². The maximum Gasteiger partial charge on any atom is 0.135 e. The second kappa shape index (κ2) is 5.71. The maximum atomic E-state index is 13.0. The van der Waals surface area contributed by atoms with Crippen LogP contribution in [0.3, 0.4) is 0 Å². The first-order valence-corrected chi connectivity index (χ1v) is 6.60. The van der Waals surface area contributed by atoms with Gasteiger partial charge in [0, 0.05) is 0 Å². The zero-order valence-electron chi connectivity index (χ0n) is 10.9. The Morgan fingerprint density at radius 3 is 2.35 bits per heavy atom. The topological polar surface area (TPSA) is 41.5 Å². The highest BCUT2D eigenvalue weighted by Gasteiger charge is 2.35. The first-order chi connectivity index (χ1) is 9.78. The monoisotopic (exact) mass is 273 g/mol. The molecule has 3 rings (SSSR count). The van der Waals surface area contributed by atoms with Crippen LogP contribution in [0, 0.1) is 5.82 Å². The Bertz CT molecular complexity index is 558. The van der Waals surface area contributed by atoms with Crippen LogP contribution in [0.4, 0.5) is 4.39 Å². The predicted molar refractivity (Wildman–Crippen MR) is 73.4 cm³/mol. The van der Waals surface area contributed by atoms with Crippen LogP contribution in [0.25, 0.3) is 0 Å². The Balaban J connectivity index is 1.82. The number of hydrogen-bond donors (Lipinski definition) is 2. The first kappa shape index (κ1) is 13.2. The number of ether oxygens (including phenoxy) is 1. The van der Waals surface area contributed by atoms with E-state index in [2.05, 4.69) is 5.32 Å². The molecule has 1 aliphatic rings. The van der Waals surface area contributed by atoms with Crippen molar-refractivity contribution in [1.82, 2.24) is 5.32 Å². The fourth-order valence-corrected chi connectivity index (χ4v) is 2.48. The van der Waals surface area contributed by atoms with Crippen molar-refractivity contribution in [3.63, 3.8) is 0 Å². The number of benzene rings is 2. The average Bonchev–Trinajstić information content (AvgIpc) is 2.93. The van der Waals surface area contributed by atoms with Gasteiger partial charge in [0.1, 0.15) is 18.1 Å². The Kier molecular flexibility index (Phi) is 3.78. The zero-order valence-corrected chi connectivity index (χ0v) is 10.9. The minimum absolute atomic E-state index is 0.0166. The lowest BCUT2D eigenvalue weighted by Gasteiger charge is -2.15. The van der Waals surface area contributed by atoms with Gasteiger partial charge in [-0.2, -0.15) is 0 Å². The van der Waals surface area contributed by atoms with Crippen molar-refractivity contribution in [2.24, 2.45) is 0 Å². The molecular weight excluding hydrogens is 257 g/mol. The highest BCUT2D eigenvalue weighted by atomic mass is 19.1. The number of rotatable bonds is 3. The summed E-state index contributed by atoms with van der Waals surface area (Å²) in [6.07, 6.45) is -0.547. The van der Waals surface area contributed by atoms with Gasteiger partial charge < -0.3 is 9.84 Å². The van der Waals surface area contributed by atoms with Crippen LogP contribution in [0.5, 0.6) is 0 Å². The van der Waals surface area contributed by atoms with Crippen LogP contribution in [0.1, 0.15) is 23.5 Å². The third-order valence-corrected chi connectivity index (χ3v) is 3.51. The number of aliphatic hydroxyl groups excluding tert-OH is 1. The van der Waals surface area contributed by atoms with Crippen LogP contribution in [0.15, 0.2) is 54.6 Å². The van der Waals surface area contributed by atoms with Gasteiger partial charge in [0.25, 0.3) is 0 Å². The summed E-state index contributed by atoms with van der Waals surface area (Å²) in [7, 11) is 0. The summed E-state index contributed by atoms with van der Waals surface area (Å²) in [5, 5.41) is 12.7. The summed E-state index contributed by atoms with van der Waals surface area (Å²) < 4.78 is 18.9. The van der Waals surface area contributed by atoms with E-state index in [1.165, 1.54) is 12.1 Å². The van der Waals surface area contributed by atoms with Gasteiger partial charge in [-0.25, -0.2) is 4.39 Å². The number of nitrogens with one attached hydrogen (secondary N) is 1. The Morgan fingerprint density at radius 1 is 1.00 bits per heavy atom. The summed E-state index contributed by atoms with van der Waals surface area (Å²) in [6.45, 7) is -0.0166. The second-order valence-electron chi connectivity index (χ2n) is 4.85. The van der Waals surface area contributed by atoms with Crippen molar-refractivity contribution in [3.05, 3.63) is 71.5 Å². The lowest BCUT2D eigenvalue weighted by Crippen LogP contribution is -2.30. The van der Waals surface area contributed by atoms with E-state index in [0.29, 0.717) is 0 Å². The van der Waals surface area contributed by atoms with Crippen molar-refractivity contribution in [2.45, 2.75) is 18.4 Å². The first-order valence-electron chi connectivity index (χ1n) is 6.60. The molecule has 1 saturated heterocycles. The molecule has 0 aliphatic carbocycles. The van der Waals surface area contributed by atoms with E-state index in [9.17, 15) is 9.50 Å². The van der Waals surface area contributed by atoms with Crippen molar-refractivity contribution in [2.75, 3.05) is 6.61 Å². The average molecular weight is 273 g/mol. The number of aliphatic hydroxyl groups is 1. The zero-order chi connectivity index (χ0) is 13.9. The maximum absolute atomic E-state index is 13.0. The normalized spacial score (nSPS) is 25.8. The highest BCUT2D eigenvalue weighted by molar-refractivity contribution is 5.24. The molecule has 0 radical (unpaired) electrons. The molecule has 0 bridgehead atoms. The molecule has 1 unspecified atom stereocenters. The predicted octanol–water partition coefficient (Wildman–Crippen LogP) is 2.55. The largest absolute Gasteiger partial charge is 0.395 e. The van der Waals surface area contributed by atoms with E-state index in [1.807, 2.05) is 30.3 Å². The minimum atomic E-state index is -0.335. The van der Waals surface area contributed by atoms with E-state index in [4.69, 9.17) is 4.74 Å². The smallest absolute Gasteiger partial charge is 0.135 e. The van der Waals surface area contributed by atoms with Gasteiger partial charge in [-0.15, -0.1) is 0 Å². The lowest BCUT2D eigenvalue weighted by atomic mass is 10.0. The van der Waals surface area contributed by atoms with Gasteiger partial charge in [-0.05, 0) is 23.3 Å². The van der Waals surface area contributed by atoms with Crippen LogP contribution >= 0.6 is 0 Å². The highest BCUT2D eigenvalue weighted by Crippen LogP contribution is 2.34. The van der Waals surface area contributed by atoms with Crippen molar-refractivity contribution in [1.29, 1.82) is 0 Å². The van der Waals surface area contributed by atoms with E-state index in [-0.39, 0.29) is 30.8 Å². The van der Waals surface area contributed by atoms with E-state index in [1.54, 1.807) is 12.1 Å². The molecule has 4 heteroatoms. The molecule has 0 aromatic heterocycles. The van der Waals surface area contributed by atoms with Gasteiger partial charge in [0.15, 0.2) is 0 Å². The second-order valence-corrected chi connectivity index (χ2v) is 4.85. The molecule has 0 saturated carbocycles. The SMILES string of the molecule is OC[C@@H]1N[C@@H](c2ccc(F)cc2)OC1c1ccccc1. The Morgan fingerprint density at radius 2 is 1.70 bits per heavy atom. The molecule has 2 aromatic carbocycles. The molecular formula is C16H16FNO2. The van der Waals surface area contributed by atoms with Gasteiger partial charge in [0.05, 0.1) is 12.6 Å². The van der Waals surface area contributed by atoms with E-state index >= 15 is 0 Å². The van der Waals surface area contributed by atoms with Gasteiger partial charge in [-0.1, -0.05) is 42.5 Å². The third-order valence-electron chi connectivity index (χ3n) is 3.51. The molecule has 2 aromatic rings. The van der Waals surface area contributed by atoms with Crippen molar-refractivity contribution >= 4 is 0 Å². The lowest BCUT2D eigenvalue weighted by molar-refractivity contribution is 0.0317. The molecule has 3 nitrogen and oxygen atoms in total. The molecule has 3 atom stereocenters. The number of halogens is 1. The molecule has 20 heavy (non-hydrogen) atoms. The molecule has 1 fully saturated rings. The summed E-state index contributed by atoms with van der Waals surface area (Å²) >= 11 is 0. The summed E-state index contributed by atoms with van der Waals surface area (Å²) in [6, 6.07) is 15.8. The van der Waals surface area contributed by atoms with Crippen LogP contribution in [-0.2, 0) is 4.74 Å². The van der Waals surface area contributed by atoms with E-state index < -0.39 is 0 Å². The summed E-state index contributed by atoms with van der Waals surface area (Å²) in [5.74, 6) is -0.273. The summed E-state index contributed by atoms with van der Waals surface area (Å²) in [5.41, 5.74) is 1.87.